The second-order valence-electron chi connectivity index (χ2n) is 12.8. The van der Waals surface area contributed by atoms with Gasteiger partial charge in [0.05, 0.1) is 45.5 Å². The number of pyridine rings is 1. The minimum Gasteiger partial charge on any atom is -0.491 e. The average Bonchev–Trinajstić information content (AvgIpc) is 3.45. The van der Waals surface area contributed by atoms with E-state index < -0.39 is 57.2 Å². The summed E-state index contributed by atoms with van der Waals surface area (Å²) in [6.07, 6.45) is -3.39. The molecule has 0 amide bonds. The zero-order valence-electron chi connectivity index (χ0n) is 24.6. The maximum atomic E-state index is 16.8. The molecule has 3 fully saturated rings. The van der Waals surface area contributed by atoms with Crippen molar-refractivity contribution in [3.05, 3.63) is 28.0 Å². The van der Waals surface area contributed by atoms with Gasteiger partial charge in [0.15, 0.2) is 11.6 Å². The minimum absolute atomic E-state index is 0.0472. The Hall–Kier alpha value is -3.23. The number of rotatable bonds is 4. The molecule has 0 radical (unpaired) electrons. The summed E-state index contributed by atoms with van der Waals surface area (Å²) in [6.45, 7) is 2.36. The lowest BCUT2D eigenvalue weighted by atomic mass is 9.71. The summed E-state index contributed by atoms with van der Waals surface area (Å²) in [5.41, 5.74) is 1.43. The van der Waals surface area contributed by atoms with E-state index >= 15 is 4.39 Å². The fraction of sp³-hybridized carbons (Fsp3) is 0.567. The summed E-state index contributed by atoms with van der Waals surface area (Å²) in [4.78, 5) is 16.8. The van der Waals surface area contributed by atoms with Gasteiger partial charge in [-0.25, -0.2) is 13.8 Å². The summed E-state index contributed by atoms with van der Waals surface area (Å²) in [7, 11) is 1.75. The number of aliphatic hydroxyl groups excluding tert-OH is 1. The second-order valence-corrected chi connectivity index (χ2v) is 13.2. The van der Waals surface area contributed by atoms with Gasteiger partial charge in [0.2, 0.25) is 0 Å². The summed E-state index contributed by atoms with van der Waals surface area (Å²) in [5, 5.41) is 9.86. The predicted molar refractivity (Wildman–Crippen MR) is 157 cm³/mol. The topological polar surface area (TPSA) is 110 Å². The molecule has 0 unspecified atom stereocenters. The van der Waals surface area contributed by atoms with Gasteiger partial charge in [-0.05, 0) is 50.8 Å². The van der Waals surface area contributed by atoms with Crippen molar-refractivity contribution in [2.75, 3.05) is 44.0 Å². The molecule has 0 bridgehead atoms. The van der Waals surface area contributed by atoms with E-state index in [1.165, 1.54) is 6.92 Å². The summed E-state index contributed by atoms with van der Waals surface area (Å²) < 4.78 is 86.5. The molecule has 2 atom stereocenters. The number of aryl methyl sites for hydroxylation is 1. The predicted octanol–water partition coefficient (Wildman–Crippen LogP) is 5.46. The molecule has 1 saturated carbocycles. The SMILES string of the molecule is Cc1cc(N)nc(-c2c(Cl)c3c4c(nc(OC[C@@]56CCCN5C[C@H](F)C6)nc4c2F)N(C)C2(CCO3)CC(O)C2)c1C(F)(F)F. The second kappa shape index (κ2) is 10.4. The van der Waals surface area contributed by atoms with Crippen LogP contribution in [0.1, 0.15) is 49.7 Å². The van der Waals surface area contributed by atoms with E-state index in [9.17, 15) is 22.7 Å². The van der Waals surface area contributed by atoms with E-state index in [1.54, 1.807) is 7.05 Å². The van der Waals surface area contributed by atoms with Crippen LogP contribution in [0.2, 0.25) is 5.02 Å². The van der Waals surface area contributed by atoms with Crippen LogP contribution in [0, 0.1) is 12.7 Å². The van der Waals surface area contributed by atoms with E-state index in [4.69, 9.17) is 26.8 Å². The van der Waals surface area contributed by atoms with E-state index in [0.717, 1.165) is 19.0 Å². The number of aromatic nitrogens is 3. The van der Waals surface area contributed by atoms with E-state index in [2.05, 4.69) is 15.0 Å². The Bertz CT molecular complexity index is 1700. The van der Waals surface area contributed by atoms with Crippen LogP contribution in [0.25, 0.3) is 22.2 Å². The Balaban J connectivity index is 1.45. The molecule has 45 heavy (non-hydrogen) atoms. The molecule has 3 aromatic rings. The fourth-order valence-corrected chi connectivity index (χ4v) is 8.12. The number of fused-ring (bicyclic) bond motifs is 1. The van der Waals surface area contributed by atoms with Crippen molar-refractivity contribution >= 4 is 34.1 Å². The number of anilines is 2. The number of nitrogens with zero attached hydrogens (tertiary/aromatic N) is 5. The molecule has 242 valence electrons. The maximum Gasteiger partial charge on any atom is 0.418 e. The van der Waals surface area contributed by atoms with Crippen LogP contribution in [0.3, 0.4) is 0 Å². The van der Waals surface area contributed by atoms with Crippen LogP contribution in [0.5, 0.6) is 11.8 Å². The van der Waals surface area contributed by atoms with E-state index in [-0.39, 0.29) is 59.5 Å². The van der Waals surface area contributed by atoms with Crippen molar-refractivity contribution in [3.63, 3.8) is 0 Å². The molecule has 3 N–H and O–H groups in total. The number of aliphatic hydroxyl groups is 1. The molecule has 4 aliphatic rings. The van der Waals surface area contributed by atoms with Gasteiger partial charge < -0.3 is 25.2 Å². The van der Waals surface area contributed by atoms with Crippen molar-refractivity contribution in [3.8, 4) is 23.0 Å². The third kappa shape index (κ3) is 4.73. The third-order valence-electron chi connectivity index (χ3n) is 10.0. The molecule has 1 spiro atoms. The van der Waals surface area contributed by atoms with Gasteiger partial charge >= 0.3 is 12.2 Å². The van der Waals surface area contributed by atoms with Crippen LogP contribution in [-0.2, 0) is 6.18 Å². The Kier molecular flexibility index (Phi) is 7.03. The minimum atomic E-state index is -4.91. The molecule has 9 nitrogen and oxygen atoms in total. The molecule has 3 aliphatic heterocycles. The van der Waals surface area contributed by atoms with Gasteiger partial charge in [-0.1, -0.05) is 11.6 Å². The molecular formula is C30H32ClF5N6O3. The lowest BCUT2D eigenvalue weighted by Gasteiger charge is -2.52. The first-order valence-electron chi connectivity index (χ1n) is 14.9. The quantitative estimate of drug-likeness (QED) is 0.355. The Morgan fingerprint density at radius 3 is 2.67 bits per heavy atom. The number of nitrogens with two attached hydrogens (primary N) is 1. The fourth-order valence-electron chi connectivity index (χ4n) is 7.80. The monoisotopic (exact) mass is 654 g/mol. The Morgan fingerprint density at radius 2 is 1.96 bits per heavy atom. The summed E-state index contributed by atoms with van der Waals surface area (Å²) in [5.74, 6) is -1.35. The number of hydrogen-bond donors (Lipinski definition) is 2. The molecular weight excluding hydrogens is 623 g/mol. The molecule has 5 heterocycles. The van der Waals surface area contributed by atoms with Gasteiger partial charge in [0, 0.05) is 32.0 Å². The highest BCUT2D eigenvalue weighted by atomic mass is 35.5. The highest BCUT2D eigenvalue weighted by Crippen LogP contribution is 2.53. The van der Waals surface area contributed by atoms with Crippen LogP contribution >= 0.6 is 11.6 Å². The number of benzene rings is 1. The normalized spacial score (nSPS) is 28.2. The molecule has 1 aliphatic carbocycles. The number of ether oxygens (including phenoxy) is 2. The standard InChI is InChI=1S/C30H32ClF5N6O3/c1-14-8-17(37)38-23(20(14)30(34,35)36)18-21(31)25-19-24(22(18)33)39-27(45-13-29-4-3-6-42(29)12-15(32)9-29)40-26(19)41(2)28(5-7-44-25)10-16(43)11-28/h8,15-16,43H,3-7,9-13H2,1-2H3,(H2,37,38)/t15-,16?,28?,29+/m1/s1. The molecule has 2 aromatic heterocycles. The first-order chi connectivity index (χ1) is 21.2. The van der Waals surface area contributed by atoms with Crippen LogP contribution < -0.4 is 20.1 Å². The highest BCUT2D eigenvalue weighted by Gasteiger charge is 2.51. The van der Waals surface area contributed by atoms with Crippen molar-refractivity contribution < 1.29 is 36.5 Å². The molecule has 1 aromatic carbocycles. The maximum absolute atomic E-state index is 16.8. The zero-order valence-corrected chi connectivity index (χ0v) is 25.4. The third-order valence-corrected chi connectivity index (χ3v) is 10.4. The van der Waals surface area contributed by atoms with Gasteiger partial charge in [-0.15, -0.1) is 0 Å². The van der Waals surface area contributed by atoms with Gasteiger partial charge in [-0.2, -0.15) is 23.1 Å². The number of hydrogen-bond acceptors (Lipinski definition) is 9. The van der Waals surface area contributed by atoms with Crippen molar-refractivity contribution in [2.45, 2.75) is 75.0 Å². The largest absolute Gasteiger partial charge is 0.491 e. The van der Waals surface area contributed by atoms with Gasteiger partial charge in [0.1, 0.15) is 29.9 Å². The first kappa shape index (κ1) is 30.4. The zero-order chi connectivity index (χ0) is 32.1. The summed E-state index contributed by atoms with van der Waals surface area (Å²) in [6, 6.07) is 0.827. The number of alkyl halides is 4. The van der Waals surface area contributed by atoms with Crippen LogP contribution in [0.15, 0.2) is 6.07 Å². The Morgan fingerprint density at radius 1 is 1.20 bits per heavy atom. The van der Waals surface area contributed by atoms with Crippen molar-refractivity contribution in [1.82, 2.24) is 19.9 Å². The smallest absolute Gasteiger partial charge is 0.418 e. The van der Waals surface area contributed by atoms with Crippen molar-refractivity contribution in [2.24, 2.45) is 0 Å². The average molecular weight is 655 g/mol. The number of nitrogen functional groups attached to an aromatic ring is 1. The van der Waals surface area contributed by atoms with Gasteiger partial charge in [0.25, 0.3) is 0 Å². The van der Waals surface area contributed by atoms with Gasteiger partial charge in [-0.3, -0.25) is 4.90 Å². The Labute approximate surface area is 260 Å². The van der Waals surface area contributed by atoms with Crippen molar-refractivity contribution in [1.29, 1.82) is 0 Å². The molecule has 15 heteroatoms. The highest BCUT2D eigenvalue weighted by molar-refractivity contribution is 6.36. The lowest BCUT2D eigenvalue weighted by molar-refractivity contribution is -0.137. The van der Waals surface area contributed by atoms with E-state index in [0.29, 0.717) is 32.2 Å². The van der Waals surface area contributed by atoms with Crippen LogP contribution in [-0.4, -0.2) is 81.7 Å². The first-order valence-corrected chi connectivity index (χ1v) is 15.2. The van der Waals surface area contributed by atoms with E-state index in [1.807, 2.05) is 9.80 Å². The number of halogens is 6. The molecule has 2 saturated heterocycles. The van der Waals surface area contributed by atoms with Crippen LogP contribution in [0.4, 0.5) is 33.6 Å². The lowest BCUT2D eigenvalue weighted by Crippen LogP contribution is -2.59. The summed E-state index contributed by atoms with van der Waals surface area (Å²) >= 11 is 6.74. The molecule has 7 rings (SSSR count).